The van der Waals surface area contributed by atoms with Crippen LogP contribution in [0.5, 0.6) is 0 Å². The maximum atomic E-state index is 14.1. The van der Waals surface area contributed by atoms with Gasteiger partial charge in [-0.15, -0.1) is 0 Å². The van der Waals surface area contributed by atoms with Crippen molar-refractivity contribution in [1.29, 1.82) is 0 Å². The van der Waals surface area contributed by atoms with Crippen molar-refractivity contribution in [3.05, 3.63) is 12.7 Å². The molecule has 0 heterocycles. The maximum absolute atomic E-state index is 14.1. The third kappa shape index (κ3) is 14.5. The van der Waals surface area contributed by atoms with Crippen molar-refractivity contribution in [1.82, 2.24) is 0 Å². The Labute approximate surface area is 274 Å². The van der Waals surface area contributed by atoms with Gasteiger partial charge < -0.3 is 4.74 Å². The lowest BCUT2D eigenvalue weighted by molar-refractivity contribution is -0.192. The summed E-state index contributed by atoms with van der Waals surface area (Å²) in [7, 11) is 0. The number of hydrogen-bond acceptors (Lipinski definition) is 4. The summed E-state index contributed by atoms with van der Waals surface area (Å²) in [6, 6.07) is 0. The number of carbonyl (C=O) groups excluding carboxylic acids is 1. The Balaban J connectivity index is 1.35. The van der Waals surface area contributed by atoms with E-state index < -0.39 is 18.0 Å². The fraction of sp³-hybridized carbons (Fsp3) is 0.811. The topological polar surface area (TPSA) is 26.3 Å². The standard InChI is InChI=1S/C37H55F3O2S2/c1-3-5-6-7-9-26-43-33-21-15-29(16-22-33)11-12-31-14-20-32(35(28-31)37(38,39)40)19-13-30-17-23-34(24-18-30)44-27-10-8-25-42-36(41)4-2/h4,29-35H,2-3,5-10,14-18,20-28H2,1H3. The van der Waals surface area contributed by atoms with E-state index in [1.165, 1.54) is 56.8 Å². The third-order valence-corrected chi connectivity index (χ3v) is 12.4. The van der Waals surface area contributed by atoms with Gasteiger partial charge in [0.2, 0.25) is 0 Å². The van der Waals surface area contributed by atoms with Gasteiger partial charge in [-0.3, -0.25) is 0 Å². The van der Waals surface area contributed by atoms with Gasteiger partial charge in [0, 0.05) is 40.2 Å². The van der Waals surface area contributed by atoms with Crippen LogP contribution in [0, 0.1) is 53.3 Å². The molecule has 3 unspecified atom stereocenters. The van der Waals surface area contributed by atoms with Crippen molar-refractivity contribution < 1.29 is 22.7 Å². The molecule has 0 saturated heterocycles. The van der Waals surface area contributed by atoms with Crippen LogP contribution >= 0.6 is 23.5 Å². The van der Waals surface area contributed by atoms with Crippen LogP contribution in [0.1, 0.15) is 122 Å². The van der Waals surface area contributed by atoms with Gasteiger partial charge in [0.05, 0.1) is 12.5 Å². The molecule has 7 heteroatoms. The largest absolute Gasteiger partial charge is 0.463 e. The van der Waals surface area contributed by atoms with Gasteiger partial charge in [0.25, 0.3) is 0 Å². The fourth-order valence-electron chi connectivity index (χ4n) is 6.69. The molecule has 3 aliphatic carbocycles. The molecule has 3 saturated carbocycles. The van der Waals surface area contributed by atoms with Crippen molar-refractivity contribution in [2.75, 3.05) is 18.1 Å². The number of hydrogen-bond donors (Lipinski definition) is 0. The van der Waals surface area contributed by atoms with Crippen LogP contribution in [-0.4, -0.2) is 40.8 Å². The predicted octanol–water partition coefficient (Wildman–Crippen LogP) is 10.7. The van der Waals surface area contributed by atoms with Crippen molar-refractivity contribution in [2.24, 2.45) is 29.6 Å². The number of unbranched alkanes of at least 4 members (excludes halogenated alkanes) is 5. The van der Waals surface area contributed by atoms with Crippen molar-refractivity contribution >= 4 is 29.5 Å². The lowest BCUT2D eigenvalue weighted by Crippen LogP contribution is -2.35. The van der Waals surface area contributed by atoms with Crippen molar-refractivity contribution in [3.63, 3.8) is 0 Å². The third-order valence-electron chi connectivity index (χ3n) is 9.49. The van der Waals surface area contributed by atoms with E-state index in [1.54, 1.807) is 0 Å². The molecule has 3 rings (SSSR count). The zero-order chi connectivity index (χ0) is 31.6. The monoisotopic (exact) mass is 652 g/mol. The molecule has 0 aliphatic heterocycles. The van der Waals surface area contributed by atoms with Gasteiger partial charge in [-0.25, -0.2) is 4.79 Å². The van der Waals surface area contributed by atoms with Crippen molar-refractivity contribution in [3.8, 4) is 23.7 Å². The van der Waals surface area contributed by atoms with E-state index >= 15 is 0 Å². The second kappa shape index (κ2) is 20.8. The number of halogens is 3. The van der Waals surface area contributed by atoms with Crippen LogP contribution in [0.4, 0.5) is 13.2 Å². The molecule has 0 radical (unpaired) electrons. The minimum atomic E-state index is -4.22. The summed E-state index contributed by atoms with van der Waals surface area (Å²) in [4.78, 5) is 11.1. The molecule has 3 atom stereocenters. The first-order valence-electron chi connectivity index (χ1n) is 17.4. The zero-order valence-electron chi connectivity index (χ0n) is 26.9. The second-order valence-electron chi connectivity index (χ2n) is 13.0. The van der Waals surface area contributed by atoms with E-state index in [2.05, 4.69) is 48.9 Å². The molecule has 3 aliphatic rings. The molecule has 0 aromatic heterocycles. The highest BCUT2D eigenvalue weighted by Gasteiger charge is 2.47. The Hall–Kier alpha value is -1.18. The van der Waals surface area contributed by atoms with Crippen LogP contribution in [0.2, 0.25) is 0 Å². The first kappa shape index (κ1) is 37.3. The molecule has 0 aromatic carbocycles. The molecule has 0 bridgehead atoms. The van der Waals surface area contributed by atoms with Gasteiger partial charge >= 0.3 is 12.1 Å². The highest BCUT2D eigenvalue weighted by atomic mass is 32.2. The number of esters is 1. The molecule has 2 nitrogen and oxygen atoms in total. The Morgan fingerprint density at radius 1 is 0.750 bits per heavy atom. The van der Waals surface area contributed by atoms with Crippen molar-refractivity contribution in [2.45, 2.75) is 139 Å². The molecule has 0 aromatic rings. The van der Waals surface area contributed by atoms with Crippen LogP contribution in [-0.2, 0) is 9.53 Å². The summed E-state index contributed by atoms with van der Waals surface area (Å²) in [6.07, 6.45) is 15.5. The number of carbonyl (C=O) groups is 1. The SMILES string of the molecule is C=CC(=O)OCCCCSC1CCC(C#CC2CCC(C#CC3CCC(SCCCCCCC)CC3)CC2C(F)(F)F)CC1. The lowest BCUT2D eigenvalue weighted by atomic mass is 9.73. The first-order valence-corrected chi connectivity index (χ1v) is 19.5. The molecule has 44 heavy (non-hydrogen) atoms. The summed E-state index contributed by atoms with van der Waals surface area (Å²) >= 11 is 4.09. The Bertz CT molecular complexity index is 959. The van der Waals surface area contributed by atoms with E-state index in [1.807, 2.05) is 11.8 Å². The highest BCUT2D eigenvalue weighted by molar-refractivity contribution is 8.00. The quantitative estimate of drug-likeness (QED) is 0.0807. The van der Waals surface area contributed by atoms with Crippen LogP contribution in [0.25, 0.3) is 0 Å². The summed E-state index contributed by atoms with van der Waals surface area (Å²) in [6.45, 7) is 6.07. The maximum Gasteiger partial charge on any atom is 0.393 e. The number of thioether (sulfide) groups is 2. The molecule has 248 valence electrons. The summed E-state index contributed by atoms with van der Waals surface area (Å²) < 4.78 is 47.3. The molecule has 0 N–H and O–H groups in total. The van der Waals surface area contributed by atoms with E-state index in [0.717, 1.165) is 68.8 Å². The van der Waals surface area contributed by atoms with Gasteiger partial charge in [-0.05, 0) is 101 Å². The zero-order valence-corrected chi connectivity index (χ0v) is 28.6. The van der Waals surface area contributed by atoms with Gasteiger partial charge in [-0.2, -0.15) is 36.7 Å². The highest BCUT2D eigenvalue weighted by Crippen LogP contribution is 2.44. The van der Waals surface area contributed by atoms with E-state index in [-0.39, 0.29) is 24.2 Å². The van der Waals surface area contributed by atoms with Gasteiger partial charge in [0.1, 0.15) is 0 Å². The Kier molecular flexibility index (Phi) is 17.7. The van der Waals surface area contributed by atoms with E-state index in [0.29, 0.717) is 24.2 Å². The minimum Gasteiger partial charge on any atom is -0.463 e. The predicted molar refractivity (Wildman–Crippen MR) is 181 cm³/mol. The number of ether oxygens (including phenoxy) is 1. The molecule has 0 spiro atoms. The van der Waals surface area contributed by atoms with Crippen LogP contribution < -0.4 is 0 Å². The average molecular weight is 653 g/mol. The normalized spacial score (nSPS) is 29.0. The number of rotatable bonds is 14. The average Bonchev–Trinajstić information content (AvgIpc) is 3.03. The fourth-order valence-corrected chi connectivity index (χ4v) is 9.31. The molecule has 3 fully saturated rings. The Morgan fingerprint density at radius 2 is 1.27 bits per heavy atom. The number of alkyl halides is 3. The lowest BCUT2D eigenvalue weighted by Gasteiger charge is -2.33. The first-order chi connectivity index (χ1) is 21.3. The van der Waals surface area contributed by atoms with Crippen LogP contribution in [0.15, 0.2) is 12.7 Å². The second-order valence-corrected chi connectivity index (χ2v) is 15.8. The van der Waals surface area contributed by atoms with E-state index in [9.17, 15) is 18.0 Å². The summed E-state index contributed by atoms with van der Waals surface area (Å²) in [5.74, 6) is 13.5. The molecular weight excluding hydrogens is 598 g/mol. The van der Waals surface area contributed by atoms with Gasteiger partial charge in [0.15, 0.2) is 0 Å². The minimum absolute atomic E-state index is 0.106. The molecular formula is C37H55F3O2S2. The molecule has 0 amide bonds. The summed E-state index contributed by atoms with van der Waals surface area (Å²) in [5, 5.41) is 1.33. The smallest absolute Gasteiger partial charge is 0.393 e. The van der Waals surface area contributed by atoms with Crippen LogP contribution in [0.3, 0.4) is 0 Å². The van der Waals surface area contributed by atoms with E-state index in [4.69, 9.17) is 4.74 Å². The summed E-state index contributed by atoms with van der Waals surface area (Å²) in [5.41, 5.74) is 0. The van der Waals surface area contributed by atoms with Gasteiger partial charge in [-0.1, -0.05) is 62.9 Å². The Morgan fingerprint density at radius 3 is 1.84 bits per heavy atom.